The van der Waals surface area contributed by atoms with Crippen molar-refractivity contribution in [2.75, 3.05) is 0 Å². The highest BCUT2D eigenvalue weighted by molar-refractivity contribution is 5.76. The highest BCUT2D eigenvalue weighted by Gasteiger charge is 2.16. The number of hydrogen-bond donors (Lipinski definition) is 3. The number of aryl methyl sites for hydroxylation is 2. The van der Waals surface area contributed by atoms with Crippen LogP contribution in [0.15, 0.2) is 10.5 Å². The first kappa shape index (κ1) is 15.1. The maximum Gasteiger partial charge on any atom is 0.315 e. The summed E-state index contributed by atoms with van der Waals surface area (Å²) in [7, 11) is 0. The fourth-order valence-corrected chi connectivity index (χ4v) is 1.93. The Labute approximate surface area is 112 Å². The highest BCUT2D eigenvalue weighted by Crippen LogP contribution is 2.20. The van der Waals surface area contributed by atoms with Gasteiger partial charge in [0.15, 0.2) is 0 Å². The molecular formula is C13H20N2O4. The smallest absolute Gasteiger partial charge is 0.315 e. The lowest BCUT2D eigenvalue weighted by Crippen LogP contribution is -2.42. The van der Waals surface area contributed by atoms with Crippen molar-refractivity contribution in [2.24, 2.45) is 0 Å². The van der Waals surface area contributed by atoms with Crippen LogP contribution < -0.4 is 10.6 Å². The summed E-state index contributed by atoms with van der Waals surface area (Å²) >= 11 is 0. The van der Waals surface area contributed by atoms with E-state index in [0.29, 0.717) is 0 Å². The van der Waals surface area contributed by atoms with E-state index < -0.39 is 12.0 Å². The number of nitrogens with one attached hydrogen (secondary N) is 2. The molecule has 2 atom stereocenters. The van der Waals surface area contributed by atoms with Crippen LogP contribution in [0.4, 0.5) is 4.79 Å². The van der Waals surface area contributed by atoms with Crippen molar-refractivity contribution in [1.82, 2.24) is 10.6 Å². The first-order chi connectivity index (χ1) is 8.79. The molecule has 0 spiro atoms. The second kappa shape index (κ2) is 6.26. The van der Waals surface area contributed by atoms with E-state index in [9.17, 15) is 9.59 Å². The molecule has 1 heterocycles. The zero-order valence-electron chi connectivity index (χ0n) is 11.6. The van der Waals surface area contributed by atoms with Gasteiger partial charge < -0.3 is 20.2 Å². The van der Waals surface area contributed by atoms with Crippen molar-refractivity contribution >= 4 is 12.0 Å². The van der Waals surface area contributed by atoms with Gasteiger partial charge in [0.2, 0.25) is 0 Å². The number of rotatable bonds is 5. The third-order valence-corrected chi connectivity index (χ3v) is 2.75. The monoisotopic (exact) mass is 268 g/mol. The van der Waals surface area contributed by atoms with E-state index in [-0.39, 0.29) is 18.5 Å². The van der Waals surface area contributed by atoms with Gasteiger partial charge in [-0.2, -0.15) is 0 Å². The molecule has 0 aliphatic rings. The first-order valence-electron chi connectivity index (χ1n) is 6.15. The Morgan fingerprint density at radius 3 is 2.42 bits per heavy atom. The van der Waals surface area contributed by atoms with Crippen molar-refractivity contribution in [2.45, 2.75) is 46.2 Å². The summed E-state index contributed by atoms with van der Waals surface area (Å²) in [6.45, 7) is 7.17. The molecule has 6 heteroatoms. The summed E-state index contributed by atoms with van der Waals surface area (Å²) in [6, 6.07) is 0.867. The average Bonchev–Trinajstić information content (AvgIpc) is 2.55. The van der Waals surface area contributed by atoms with Gasteiger partial charge in [-0.1, -0.05) is 0 Å². The summed E-state index contributed by atoms with van der Waals surface area (Å²) in [6.07, 6.45) is -0.106. The molecule has 19 heavy (non-hydrogen) atoms. The topological polar surface area (TPSA) is 91.6 Å². The van der Waals surface area contributed by atoms with Crippen molar-refractivity contribution in [3.63, 3.8) is 0 Å². The molecule has 0 saturated carbocycles. The second-order valence-electron chi connectivity index (χ2n) is 4.71. The van der Waals surface area contributed by atoms with Gasteiger partial charge in [-0.15, -0.1) is 0 Å². The van der Waals surface area contributed by atoms with Gasteiger partial charge in [0.1, 0.15) is 11.5 Å². The van der Waals surface area contributed by atoms with Crippen LogP contribution in [0.3, 0.4) is 0 Å². The highest BCUT2D eigenvalue weighted by atomic mass is 16.4. The predicted octanol–water partition coefficient (Wildman–Crippen LogP) is 2.12. The largest absolute Gasteiger partial charge is 0.481 e. The number of furan rings is 1. The fraction of sp³-hybridized carbons (Fsp3) is 0.538. The number of aliphatic carboxylic acids is 1. The van der Waals surface area contributed by atoms with Crippen molar-refractivity contribution < 1.29 is 19.1 Å². The molecule has 0 aromatic carbocycles. The molecule has 6 nitrogen and oxygen atoms in total. The van der Waals surface area contributed by atoms with Gasteiger partial charge in [0, 0.05) is 11.6 Å². The Morgan fingerprint density at radius 1 is 1.32 bits per heavy atom. The Bertz CT molecular complexity index is 467. The number of carboxylic acid groups (broad SMARTS) is 1. The van der Waals surface area contributed by atoms with Crippen LogP contribution in [0.5, 0.6) is 0 Å². The molecule has 3 N–H and O–H groups in total. The first-order valence-corrected chi connectivity index (χ1v) is 6.15. The Morgan fingerprint density at radius 2 is 1.95 bits per heavy atom. The van der Waals surface area contributed by atoms with Crippen LogP contribution in [0, 0.1) is 13.8 Å². The lowest BCUT2D eigenvalue weighted by Gasteiger charge is -2.17. The minimum atomic E-state index is -0.942. The normalized spacial score (nSPS) is 13.7. The Hall–Kier alpha value is -1.98. The quantitative estimate of drug-likeness (QED) is 0.762. The van der Waals surface area contributed by atoms with Crippen LogP contribution in [0.1, 0.15) is 43.4 Å². The number of urea groups is 1. The van der Waals surface area contributed by atoms with Gasteiger partial charge in [-0.05, 0) is 33.8 Å². The number of amides is 2. The summed E-state index contributed by atoms with van der Waals surface area (Å²) in [5.41, 5.74) is 0.915. The number of carbonyl (C=O) groups is 2. The van der Waals surface area contributed by atoms with E-state index in [4.69, 9.17) is 9.52 Å². The third kappa shape index (κ3) is 4.65. The second-order valence-corrected chi connectivity index (χ2v) is 4.71. The zero-order chi connectivity index (χ0) is 14.6. The molecule has 0 radical (unpaired) electrons. The van der Waals surface area contributed by atoms with Crippen LogP contribution in [0.2, 0.25) is 0 Å². The predicted molar refractivity (Wildman–Crippen MR) is 70.0 cm³/mol. The van der Waals surface area contributed by atoms with Gasteiger partial charge in [0.25, 0.3) is 0 Å². The number of hydrogen-bond acceptors (Lipinski definition) is 3. The van der Waals surface area contributed by atoms with E-state index in [1.807, 2.05) is 26.8 Å². The maximum atomic E-state index is 11.7. The van der Waals surface area contributed by atoms with Crippen LogP contribution in [-0.4, -0.2) is 23.1 Å². The van der Waals surface area contributed by atoms with E-state index in [1.54, 1.807) is 6.92 Å². The maximum absolute atomic E-state index is 11.7. The molecule has 106 valence electrons. The minimum absolute atomic E-state index is 0.106. The zero-order valence-corrected chi connectivity index (χ0v) is 11.6. The molecule has 1 aromatic rings. The molecule has 0 saturated heterocycles. The molecule has 0 aliphatic carbocycles. The van der Waals surface area contributed by atoms with Gasteiger partial charge in [-0.25, -0.2) is 4.79 Å². The van der Waals surface area contributed by atoms with Gasteiger partial charge in [0.05, 0.1) is 12.5 Å². The van der Waals surface area contributed by atoms with E-state index in [1.165, 1.54) is 0 Å². The molecule has 1 rings (SSSR count). The summed E-state index contributed by atoms with van der Waals surface area (Å²) in [4.78, 5) is 22.2. The molecule has 1 aromatic heterocycles. The standard InChI is InChI=1S/C13H20N2O4/c1-7(5-12(16)17)14-13(18)15-9(3)11-6-8(2)19-10(11)4/h6-7,9H,5H2,1-4H3,(H,16,17)(H2,14,15,18). The molecular weight excluding hydrogens is 248 g/mol. The van der Waals surface area contributed by atoms with Crippen LogP contribution in [-0.2, 0) is 4.79 Å². The molecule has 0 bridgehead atoms. The molecule has 2 unspecified atom stereocenters. The molecule has 2 amide bonds. The lowest BCUT2D eigenvalue weighted by molar-refractivity contribution is -0.137. The molecule has 0 fully saturated rings. The third-order valence-electron chi connectivity index (χ3n) is 2.75. The van der Waals surface area contributed by atoms with Crippen LogP contribution in [0.25, 0.3) is 0 Å². The minimum Gasteiger partial charge on any atom is -0.481 e. The van der Waals surface area contributed by atoms with Crippen molar-refractivity contribution in [1.29, 1.82) is 0 Å². The summed E-state index contributed by atoms with van der Waals surface area (Å²) in [5.74, 6) is 0.617. The van der Waals surface area contributed by atoms with E-state index >= 15 is 0 Å². The SMILES string of the molecule is Cc1cc(C(C)NC(=O)NC(C)CC(=O)O)c(C)o1. The Kier molecular flexibility index (Phi) is 4.97. The molecule has 0 aliphatic heterocycles. The summed E-state index contributed by atoms with van der Waals surface area (Å²) < 4.78 is 5.40. The fourth-order valence-electron chi connectivity index (χ4n) is 1.93. The Balaban J connectivity index is 2.52. The summed E-state index contributed by atoms with van der Waals surface area (Å²) in [5, 5.41) is 13.9. The lowest BCUT2D eigenvalue weighted by atomic mass is 10.1. The average molecular weight is 268 g/mol. The van der Waals surface area contributed by atoms with E-state index in [2.05, 4.69) is 10.6 Å². The van der Waals surface area contributed by atoms with Crippen molar-refractivity contribution in [3.8, 4) is 0 Å². The van der Waals surface area contributed by atoms with Crippen molar-refractivity contribution in [3.05, 3.63) is 23.2 Å². The number of carbonyl (C=O) groups excluding carboxylic acids is 1. The van der Waals surface area contributed by atoms with E-state index in [0.717, 1.165) is 17.1 Å². The van der Waals surface area contributed by atoms with Gasteiger partial charge in [-0.3, -0.25) is 4.79 Å². The van der Waals surface area contributed by atoms with Crippen LogP contribution >= 0.6 is 0 Å². The number of carboxylic acids is 1. The van der Waals surface area contributed by atoms with Gasteiger partial charge >= 0.3 is 12.0 Å².